The summed E-state index contributed by atoms with van der Waals surface area (Å²) in [5.41, 5.74) is 0.292. The third kappa shape index (κ3) is 4.84. The SMILES string of the molecule is CC(C)NCC1(CN(C)C(C)CO)CCOCC1. The third-order valence-corrected chi connectivity index (χ3v) is 4.04. The van der Waals surface area contributed by atoms with Crippen LogP contribution in [0.2, 0.25) is 0 Å². The fourth-order valence-corrected chi connectivity index (χ4v) is 2.44. The highest BCUT2D eigenvalue weighted by Crippen LogP contribution is 2.31. The molecule has 1 atom stereocenters. The lowest BCUT2D eigenvalue weighted by molar-refractivity contribution is -0.0101. The second-order valence-corrected chi connectivity index (χ2v) is 6.09. The lowest BCUT2D eigenvalue weighted by Crippen LogP contribution is -2.49. The average Bonchev–Trinajstić information content (AvgIpc) is 2.36. The summed E-state index contributed by atoms with van der Waals surface area (Å²) in [6, 6.07) is 0.745. The van der Waals surface area contributed by atoms with Gasteiger partial charge in [-0.2, -0.15) is 0 Å². The molecule has 0 radical (unpaired) electrons. The van der Waals surface area contributed by atoms with Crippen LogP contribution < -0.4 is 5.32 Å². The monoisotopic (exact) mass is 258 g/mol. The third-order valence-electron chi connectivity index (χ3n) is 4.04. The van der Waals surface area contributed by atoms with E-state index in [0.29, 0.717) is 11.5 Å². The van der Waals surface area contributed by atoms with E-state index in [1.165, 1.54) is 0 Å². The molecule has 1 saturated heterocycles. The predicted molar refractivity (Wildman–Crippen MR) is 74.8 cm³/mol. The molecule has 0 spiro atoms. The van der Waals surface area contributed by atoms with Gasteiger partial charge >= 0.3 is 0 Å². The van der Waals surface area contributed by atoms with Crippen molar-refractivity contribution in [2.45, 2.75) is 45.7 Å². The molecular formula is C14H30N2O2. The molecule has 0 aromatic heterocycles. The second-order valence-electron chi connectivity index (χ2n) is 6.09. The van der Waals surface area contributed by atoms with Gasteiger partial charge in [0.25, 0.3) is 0 Å². The Kier molecular flexibility index (Phi) is 6.57. The Hall–Kier alpha value is -0.160. The highest BCUT2D eigenvalue weighted by molar-refractivity contribution is 4.88. The van der Waals surface area contributed by atoms with Crippen molar-refractivity contribution in [1.29, 1.82) is 0 Å². The van der Waals surface area contributed by atoms with Crippen LogP contribution in [0.5, 0.6) is 0 Å². The van der Waals surface area contributed by atoms with Crippen LogP contribution in [0.25, 0.3) is 0 Å². The zero-order chi connectivity index (χ0) is 13.6. The Morgan fingerprint density at radius 1 is 1.28 bits per heavy atom. The lowest BCUT2D eigenvalue weighted by atomic mass is 9.79. The van der Waals surface area contributed by atoms with Gasteiger partial charge in [-0.05, 0) is 32.2 Å². The first-order chi connectivity index (χ1) is 8.49. The average molecular weight is 258 g/mol. The van der Waals surface area contributed by atoms with Crippen LogP contribution >= 0.6 is 0 Å². The van der Waals surface area contributed by atoms with Crippen LogP contribution in [-0.4, -0.2) is 62.0 Å². The molecule has 1 fully saturated rings. The molecule has 1 aliphatic rings. The maximum Gasteiger partial charge on any atom is 0.0584 e. The molecule has 2 N–H and O–H groups in total. The molecule has 1 heterocycles. The fraction of sp³-hybridized carbons (Fsp3) is 1.00. The van der Waals surface area contributed by atoms with E-state index in [4.69, 9.17) is 4.74 Å². The standard InChI is InChI=1S/C14H30N2O2/c1-12(2)15-10-14(5-7-18-8-6-14)11-16(4)13(3)9-17/h12-13,15,17H,5-11H2,1-4H3. The number of nitrogens with one attached hydrogen (secondary N) is 1. The van der Waals surface area contributed by atoms with E-state index < -0.39 is 0 Å². The zero-order valence-electron chi connectivity index (χ0n) is 12.4. The summed E-state index contributed by atoms with van der Waals surface area (Å²) >= 11 is 0. The van der Waals surface area contributed by atoms with E-state index in [1.54, 1.807) is 0 Å². The largest absolute Gasteiger partial charge is 0.395 e. The number of hydrogen-bond donors (Lipinski definition) is 2. The minimum Gasteiger partial charge on any atom is -0.395 e. The minimum atomic E-state index is 0.223. The molecule has 0 saturated carbocycles. The number of likely N-dealkylation sites (N-methyl/N-ethyl adjacent to an activating group) is 1. The molecule has 0 aliphatic carbocycles. The molecule has 4 nitrogen and oxygen atoms in total. The predicted octanol–water partition coefficient (Wildman–Crippen LogP) is 1.09. The van der Waals surface area contributed by atoms with E-state index in [1.807, 2.05) is 0 Å². The van der Waals surface area contributed by atoms with Crippen LogP contribution in [0, 0.1) is 5.41 Å². The molecule has 4 heteroatoms. The summed E-state index contributed by atoms with van der Waals surface area (Å²) in [5.74, 6) is 0. The van der Waals surface area contributed by atoms with Crippen molar-refractivity contribution >= 4 is 0 Å². The van der Waals surface area contributed by atoms with E-state index in [9.17, 15) is 5.11 Å². The van der Waals surface area contributed by atoms with Crippen LogP contribution in [0.15, 0.2) is 0 Å². The molecular weight excluding hydrogens is 228 g/mol. The van der Waals surface area contributed by atoms with Crippen LogP contribution in [-0.2, 0) is 4.74 Å². The Labute approximate surface area is 112 Å². The van der Waals surface area contributed by atoms with Crippen molar-refractivity contribution in [1.82, 2.24) is 10.2 Å². The summed E-state index contributed by atoms with van der Waals surface area (Å²) in [6.45, 7) is 10.5. The summed E-state index contributed by atoms with van der Waals surface area (Å²) < 4.78 is 5.50. The van der Waals surface area contributed by atoms with Gasteiger partial charge in [0.05, 0.1) is 6.61 Å². The van der Waals surface area contributed by atoms with Gasteiger partial charge in [0.2, 0.25) is 0 Å². The molecule has 0 aromatic carbocycles. The number of hydrogen-bond acceptors (Lipinski definition) is 4. The van der Waals surface area contributed by atoms with Gasteiger partial charge in [-0.15, -0.1) is 0 Å². The summed E-state index contributed by atoms with van der Waals surface area (Å²) in [7, 11) is 2.10. The number of nitrogens with zero attached hydrogens (tertiary/aromatic N) is 1. The Balaban J connectivity index is 2.59. The summed E-state index contributed by atoms with van der Waals surface area (Å²) in [5, 5.41) is 12.8. The molecule has 1 rings (SSSR count). The van der Waals surface area contributed by atoms with Gasteiger partial charge in [0, 0.05) is 38.4 Å². The second kappa shape index (κ2) is 7.43. The van der Waals surface area contributed by atoms with Gasteiger partial charge < -0.3 is 20.1 Å². The smallest absolute Gasteiger partial charge is 0.0584 e. The number of aliphatic hydroxyl groups is 1. The van der Waals surface area contributed by atoms with Gasteiger partial charge in [-0.25, -0.2) is 0 Å². The van der Waals surface area contributed by atoms with Gasteiger partial charge in [-0.3, -0.25) is 0 Å². The van der Waals surface area contributed by atoms with Crippen molar-refractivity contribution in [3.8, 4) is 0 Å². The van der Waals surface area contributed by atoms with Gasteiger partial charge in [0.1, 0.15) is 0 Å². The quantitative estimate of drug-likeness (QED) is 0.717. The molecule has 1 unspecified atom stereocenters. The maximum atomic E-state index is 9.25. The molecule has 18 heavy (non-hydrogen) atoms. The summed E-state index contributed by atoms with van der Waals surface area (Å²) in [4.78, 5) is 2.27. The number of rotatable bonds is 7. The molecule has 108 valence electrons. The topological polar surface area (TPSA) is 44.7 Å². The molecule has 1 aliphatic heterocycles. The van der Waals surface area contributed by atoms with Crippen molar-refractivity contribution in [3.05, 3.63) is 0 Å². The van der Waals surface area contributed by atoms with Gasteiger partial charge in [-0.1, -0.05) is 13.8 Å². The zero-order valence-corrected chi connectivity index (χ0v) is 12.4. The van der Waals surface area contributed by atoms with E-state index in [2.05, 4.69) is 38.0 Å². The molecule has 0 amide bonds. The lowest BCUT2D eigenvalue weighted by Gasteiger charge is -2.42. The maximum absolute atomic E-state index is 9.25. The Morgan fingerprint density at radius 3 is 2.39 bits per heavy atom. The van der Waals surface area contributed by atoms with E-state index >= 15 is 0 Å². The number of aliphatic hydroxyl groups excluding tert-OH is 1. The van der Waals surface area contributed by atoms with Crippen molar-refractivity contribution < 1.29 is 9.84 Å². The van der Waals surface area contributed by atoms with Crippen molar-refractivity contribution in [2.24, 2.45) is 5.41 Å². The first kappa shape index (κ1) is 15.9. The molecule has 0 aromatic rings. The summed E-state index contributed by atoms with van der Waals surface area (Å²) in [6.07, 6.45) is 2.21. The normalized spacial score (nSPS) is 21.5. The first-order valence-corrected chi connectivity index (χ1v) is 7.11. The highest BCUT2D eigenvalue weighted by atomic mass is 16.5. The van der Waals surface area contributed by atoms with E-state index in [0.717, 1.165) is 39.1 Å². The molecule has 0 bridgehead atoms. The first-order valence-electron chi connectivity index (χ1n) is 7.11. The van der Waals surface area contributed by atoms with Crippen molar-refractivity contribution in [3.63, 3.8) is 0 Å². The van der Waals surface area contributed by atoms with Gasteiger partial charge in [0.15, 0.2) is 0 Å². The van der Waals surface area contributed by atoms with Crippen LogP contribution in [0.1, 0.15) is 33.6 Å². The number of ether oxygens (including phenoxy) is 1. The Bertz CT molecular complexity index is 228. The fourth-order valence-electron chi connectivity index (χ4n) is 2.44. The highest BCUT2D eigenvalue weighted by Gasteiger charge is 2.34. The minimum absolute atomic E-state index is 0.223. The van der Waals surface area contributed by atoms with Crippen LogP contribution in [0.4, 0.5) is 0 Å². The van der Waals surface area contributed by atoms with Crippen LogP contribution in [0.3, 0.4) is 0 Å². The van der Waals surface area contributed by atoms with E-state index in [-0.39, 0.29) is 12.6 Å². The van der Waals surface area contributed by atoms with Crippen molar-refractivity contribution in [2.75, 3.05) is 40.0 Å². The Morgan fingerprint density at radius 2 is 1.89 bits per heavy atom.